The fraction of sp³-hybridized carbons (Fsp3) is 0.750. The molecule has 90 valence electrons. The van der Waals surface area contributed by atoms with Gasteiger partial charge < -0.3 is 5.32 Å². The molecule has 2 heterocycles. The van der Waals surface area contributed by atoms with Gasteiger partial charge in [0.25, 0.3) is 0 Å². The predicted octanol–water partition coefficient (Wildman–Crippen LogP) is 1.85. The summed E-state index contributed by atoms with van der Waals surface area (Å²) >= 11 is 1.80. The van der Waals surface area contributed by atoms with Crippen LogP contribution in [-0.2, 0) is 12.0 Å². The van der Waals surface area contributed by atoms with E-state index in [0.29, 0.717) is 0 Å². The first kappa shape index (κ1) is 12.0. The van der Waals surface area contributed by atoms with Crippen molar-refractivity contribution in [1.82, 2.24) is 15.2 Å². The minimum absolute atomic E-state index is 0.179. The maximum Gasteiger partial charge on any atom is 0.107 e. The Morgan fingerprint density at radius 3 is 2.62 bits per heavy atom. The first-order chi connectivity index (χ1) is 7.55. The second-order valence-corrected chi connectivity index (χ2v) is 6.35. The van der Waals surface area contributed by atoms with E-state index in [9.17, 15) is 0 Å². The summed E-state index contributed by atoms with van der Waals surface area (Å²) in [6.07, 6.45) is 0. The molecule has 0 saturated carbocycles. The molecule has 0 spiro atoms. The van der Waals surface area contributed by atoms with Crippen LogP contribution >= 0.6 is 11.3 Å². The second kappa shape index (κ2) is 4.82. The van der Waals surface area contributed by atoms with Crippen LogP contribution in [0.4, 0.5) is 0 Å². The first-order valence-corrected chi connectivity index (χ1v) is 6.81. The normalized spacial score (nSPS) is 18.9. The van der Waals surface area contributed by atoms with Crippen LogP contribution in [0.3, 0.4) is 0 Å². The highest BCUT2D eigenvalue weighted by Gasteiger charge is 2.18. The fourth-order valence-corrected chi connectivity index (χ4v) is 2.85. The predicted molar refractivity (Wildman–Crippen MR) is 69.0 cm³/mol. The smallest absolute Gasteiger partial charge is 0.107 e. The molecular formula is C12H21N3S. The monoisotopic (exact) mass is 239 g/mol. The maximum absolute atomic E-state index is 4.73. The minimum Gasteiger partial charge on any atom is -0.314 e. The lowest BCUT2D eigenvalue weighted by Gasteiger charge is -2.26. The van der Waals surface area contributed by atoms with Crippen LogP contribution in [0.15, 0.2) is 5.38 Å². The van der Waals surface area contributed by atoms with Crippen molar-refractivity contribution in [2.45, 2.75) is 32.7 Å². The molecule has 1 aliphatic heterocycles. The highest BCUT2D eigenvalue weighted by Crippen LogP contribution is 2.24. The largest absolute Gasteiger partial charge is 0.314 e. The summed E-state index contributed by atoms with van der Waals surface area (Å²) in [5.74, 6) is 0. The van der Waals surface area contributed by atoms with Crippen LogP contribution in [-0.4, -0.2) is 36.1 Å². The summed E-state index contributed by atoms with van der Waals surface area (Å²) in [4.78, 5) is 7.21. The van der Waals surface area contributed by atoms with Crippen molar-refractivity contribution >= 4 is 11.3 Å². The molecular weight excluding hydrogens is 218 g/mol. The van der Waals surface area contributed by atoms with Gasteiger partial charge in [0, 0.05) is 37.0 Å². The highest BCUT2D eigenvalue weighted by atomic mass is 32.1. The number of rotatable bonds is 2. The van der Waals surface area contributed by atoms with Gasteiger partial charge in [-0.2, -0.15) is 0 Å². The second-order valence-electron chi connectivity index (χ2n) is 5.40. The van der Waals surface area contributed by atoms with Crippen LogP contribution in [0.1, 0.15) is 31.5 Å². The van der Waals surface area contributed by atoms with E-state index in [-0.39, 0.29) is 5.41 Å². The Labute approximate surface area is 102 Å². The van der Waals surface area contributed by atoms with Gasteiger partial charge in [0.15, 0.2) is 0 Å². The van der Waals surface area contributed by atoms with Gasteiger partial charge in [0.1, 0.15) is 5.01 Å². The zero-order chi connectivity index (χ0) is 11.6. The number of hydrogen-bond donors (Lipinski definition) is 1. The van der Waals surface area contributed by atoms with Crippen LogP contribution < -0.4 is 5.32 Å². The average molecular weight is 239 g/mol. The molecule has 1 N–H and O–H groups in total. The van der Waals surface area contributed by atoms with E-state index in [4.69, 9.17) is 4.98 Å². The van der Waals surface area contributed by atoms with Crippen molar-refractivity contribution in [3.05, 3.63) is 16.1 Å². The Morgan fingerprint density at radius 1 is 1.38 bits per heavy atom. The Hall–Kier alpha value is -0.450. The molecule has 0 atom stereocenters. The average Bonchev–Trinajstić information content (AvgIpc) is 2.67. The lowest BCUT2D eigenvalue weighted by Crippen LogP contribution is -2.42. The summed E-state index contributed by atoms with van der Waals surface area (Å²) in [5.41, 5.74) is 1.40. The number of hydrogen-bond acceptors (Lipinski definition) is 4. The molecule has 1 fully saturated rings. The first-order valence-electron chi connectivity index (χ1n) is 5.94. The zero-order valence-corrected chi connectivity index (χ0v) is 11.2. The topological polar surface area (TPSA) is 28.2 Å². The molecule has 0 bridgehead atoms. The molecule has 0 unspecified atom stereocenters. The van der Waals surface area contributed by atoms with E-state index in [0.717, 1.165) is 32.7 Å². The lowest BCUT2D eigenvalue weighted by molar-refractivity contribution is 0.232. The molecule has 0 amide bonds. The van der Waals surface area contributed by atoms with E-state index in [1.165, 1.54) is 10.7 Å². The van der Waals surface area contributed by atoms with E-state index < -0.39 is 0 Å². The van der Waals surface area contributed by atoms with E-state index in [1.807, 2.05) is 0 Å². The molecule has 16 heavy (non-hydrogen) atoms. The van der Waals surface area contributed by atoms with Crippen LogP contribution in [0.5, 0.6) is 0 Å². The van der Waals surface area contributed by atoms with E-state index in [1.54, 1.807) is 11.3 Å². The SMILES string of the molecule is CC(C)(C)c1csc(CN2CCNCC2)n1. The number of nitrogens with zero attached hydrogens (tertiary/aromatic N) is 2. The quantitative estimate of drug-likeness (QED) is 0.853. The van der Waals surface area contributed by atoms with Crippen molar-refractivity contribution in [1.29, 1.82) is 0 Å². The Balaban J connectivity index is 1.97. The summed E-state index contributed by atoms with van der Waals surface area (Å²) < 4.78 is 0. The van der Waals surface area contributed by atoms with Crippen molar-refractivity contribution in [2.24, 2.45) is 0 Å². The number of thiazole rings is 1. The standard InChI is InChI=1S/C12H21N3S/c1-12(2,3)10-9-16-11(14-10)8-15-6-4-13-5-7-15/h9,13H,4-8H2,1-3H3. The summed E-state index contributed by atoms with van der Waals surface area (Å²) in [5, 5.41) is 6.83. The zero-order valence-electron chi connectivity index (χ0n) is 10.4. The fourth-order valence-electron chi connectivity index (χ4n) is 1.79. The van der Waals surface area contributed by atoms with Crippen LogP contribution in [0.2, 0.25) is 0 Å². The van der Waals surface area contributed by atoms with Gasteiger partial charge in [-0.15, -0.1) is 11.3 Å². The summed E-state index contributed by atoms with van der Waals surface area (Å²) in [7, 11) is 0. The molecule has 1 aromatic heterocycles. The third kappa shape index (κ3) is 3.03. The summed E-state index contributed by atoms with van der Waals surface area (Å²) in [6, 6.07) is 0. The van der Waals surface area contributed by atoms with Gasteiger partial charge in [-0.1, -0.05) is 20.8 Å². The van der Waals surface area contributed by atoms with Crippen LogP contribution in [0, 0.1) is 0 Å². The molecule has 0 aliphatic carbocycles. The highest BCUT2D eigenvalue weighted by molar-refractivity contribution is 7.09. The van der Waals surface area contributed by atoms with Crippen molar-refractivity contribution in [3.8, 4) is 0 Å². The van der Waals surface area contributed by atoms with Gasteiger partial charge in [-0.3, -0.25) is 4.90 Å². The van der Waals surface area contributed by atoms with Crippen molar-refractivity contribution in [2.75, 3.05) is 26.2 Å². The minimum atomic E-state index is 0.179. The number of aromatic nitrogens is 1. The Bertz CT molecular complexity index is 334. The van der Waals surface area contributed by atoms with E-state index in [2.05, 4.69) is 36.4 Å². The lowest BCUT2D eigenvalue weighted by atomic mass is 9.93. The number of piperazine rings is 1. The Morgan fingerprint density at radius 2 is 2.06 bits per heavy atom. The van der Waals surface area contributed by atoms with Gasteiger partial charge in [-0.25, -0.2) is 4.98 Å². The van der Waals surface area contributed by atoms with Gasteiger partial charge in [0.2, 0.25) is 0 Å². The summed E-state index contributed by atoms with van der Waals surface area (Å²) in [6.45, 7) is 12.2. The molecule has 0 aromatic carbocycles. The van der Waals surface area contributed by atoms with E-state index >= 15 is 0 Å². The van der Waals surface area contributed by atoms with Crippen molar-refractivity contribution in [3.63, 3.8) is 0 Å². The molecule has 3 nitrogen and oxygen atoms in total. The molecule has 1 aromatic rings. The van der Waals surface area contributed by atoms with Gasteiger partial charge >= 0.3 is 0 Å². The van der Waals surface area contributed by atoms with Crippen LogP contribution in [0.25, 0.3) is 0 Å². The molecule has 1 saturated heterocycles. The molecule has 1 aliphatic rings. The third-order valence-corrected chi connectivity index (χ3v) is 3.72. The molecule has 4 heteroatoms. The molecule has 2 rings (SSSR count). The molecule has 0 radical (unpaired) electrons. The number of nitrogens with one attached hydrogen (secondary N) is 1. The van der Waals surface area contributed by atoms with Gasteiger partial charge in [-0.05, 0) is 0 Å². The maximum atomic E-state index is 4.73. The third-order valence-electron chi connectivity index (χ3n) is 2.89. The Kier molecular flexibility index (Phi) is 3.62. The van der Waals surface area contributed by atoms with Crippen molar-refractivity contribution < 1.29 is 0 Å². The van der Waals surface area contributed by atoms with Gasteiger partial charge in [0.05, 0.1) is 12.2 Å².